The minimum atomic E-state index is -2.93. The Kier molecular flexibility index (Phi) is 3.17. The number of hydrogen-bond acceptors (Lipinski definition) is 4. The summed E-state index contributed by atoms with van der Waals surface area (Å²) in [5.74, 6) is 0.0843. The molecule has 19 heavy (non-hydrogen) atoms. The van der Waals surface area contributed by atoms with Crippen molar-refractivity contribution in [1.82, 2.24) is 4.98 Å². The van der Waals surface area contributed by atoms with Crippen LogP contribution in [0.5, 0.6) is 0 Å². The smallest absolute Gasteiger partial charge is 0.156 e. The summed E-state index contributed by atoms with van der Waals surface area (Å²) in [5, 5.41) is -0.539. The van der Waals surface area contributed by atoms with E-state index in [0.717, 1.165) is 18.4 Å². The highest BCUT2D eigenvalue weighted by molar-refractivity contribution is 7.93. The van der Waals surface area contributed by atoms with Crippen molar-refractivity contribution in [2.45, 2.75) is 42.6 Å². The van der Waals surface area contributed by atoms with E-state index in [1.165, 1.54) is 0 Å². The van der Waals surface area contributed by atoms with Gasteiger partial charge in [0.05, 0.1) is 10.5 Å². The molecule has 2 fully saturated rings. The Bertz CT molecular complexity index is 562. The van der Waals surface area contributed by atoms with E-state index in [0.29, 0.717) is 19.3 Å². The molecule has 0 radical (unpaired) electrons. The summed E-state index contributed by atoms with van der Waals surface area (Å²) in [6.45, 7) is 0. The fraction of sp³-hybridized carbons (Fsp3) is 0.571. The minimum absolute atomic E-state index is 0.0822. The Morgan fingerprint density at radius 2 is 1.95 bits per heavy atom. The fourth-order valence-electron chi connectivity index (χ4n) is 3.32. The third-order valence-electron chi connectivity index (χ3n) is 4.39. The van der Waals surface area contributed by atoms with Crippen molar-refractivity contribution in [3.05, 3.63) is 30.1 Å². The molecular weight excluding hydrogens is 262 g/mol. The zero-order valence-corrected chi connectivity index (χ0v) is 11.5. The van der Waals surface area contributed by atoms with Gasteiger partial charge in [-0.15, -0.1) is 0 Å². The first-order valence-corrected chi connectivity index (χ1v) is 8.32. The molecule has 0 amide bonds. The summed E-state index contributed by atoms with van der Waals surface area (Å²) >= 11 is 0. The molecule has 3 rings (SSSR count). The number of fused-ring (bicyclic) bond motifs is 2. The summed E-state index contributed by atoms with van der Waals surface area (Å²) in [7, 11) is -2.93. The van der Waals surface area contributed by atoms with Crippen molar-refractivity contribution in [2.75, 3.05) is 0 Å². The Morgan fingerprint density at radius 1 is 1.26 bits per heavy atom. The van der Waals surface area contributed by atoms with Gasteiger partial charge in [-0.05, 0) is 37.3 Å². The monoisotopic (exact) mass is 279 g/mol. The van der Waals surface area contributed by atoms with Crippen LogP contribution in [0.3, 0.4) is 0 Å². The Morgan fingerprint density at radius 3 is 2.53 bits per heavy atom. The van der Waals surface area contributed by atoms with Gasteiger partial charge in [0.2, 0.25) is 0 Å². The number of nitrogens with zero attached hydrogens (tertiary/aromatic N) is 1. The summed E-state index contributed by atoms with van der Waals surface area (Å²) in [5.41, 5.74) is 0.910. The molecule has 2 aliphatic heterocycles. The summed E-state index contributed by atoms with van der Waals surface area (Å²) in [4.78, 5) is 16.3. The number of Topliss-reactive ketones (excluding diaryl/α,β-unsaturated/α-hetero) is 1. The van der Waals surface area contributed by atoms with Crippen LogP contribution in [-0.4, -0.2) is 29.7 Å². The standard InChI is InChI=1S/C14H17NO3S/c16-14(6-10-2-1-5-15-9-10)11-7-12-3-4-13(8-11)19(12,17)18/h1-2,5,9,11-13H,3-4,6-8H2. The summed E-state index contributed by atoms with van der Waals surface area (Å²) in [6, 6.07) is 3.71. The van der Waals surface area contributed by atoms with E-state index in [2.05, 4.69) is 4.98 Å². The van der Waals surface area contributed by atoms with E-state index >= 15 is 0 Å². The number of pyridine rings is 1. The average molecular weight is 279 g/mol. The van der Waals surface area contributed by atoms with Crippen LogP contribution >= 0.6 is 0 Å². The van der Waals surface area contributed by atoms with Crippen LogP contribution in [0.1, 0.15) is 31.2 Å². The second-order valence-corrected chi connectivity index (χ2v) is 8.09. The van der Waals surface area contributed by atoms with E-state index in [9.17, 15) is 13.2 Å². The highest BCUT2D eigenvalue weighted by atomic mass is 32.2. The zero-order valence-electron chi connectivity index (χ0n) is 10.7. The van der Waals surface area contributed by atoms with Gasteiger partial charge in [0.1, 0.15) is 5.78 Å². The number of carbonyl (C=O) groups is 1. The quantitative estimate of drug-likeness (QED) is 0.842. The molecular formula is C14H17NO3S. The lowest BCUT2D eigenvalue weighted by molar-refractivity contribution is -0.122. The molecule has 2 atom stereocenters. The lowest BCUT2D eigenvalue weighted by atomic mass is 9.91. The molecule has 102 valence electrons. The molecule has 4 nitrogen and oxygen atoms in total. The van der Waals surface area contributed by atoms with Crippen LogP contribution in [0.15, 0.2) is 24.5 Å². The summed E-state index contributed by atoms with van der Waals surface area (Å²) < 4.78 is 24.0. The van der Waals surface area contributed by atoms with Crippen LogP contribution in [0.4, 0.5) is 0 Å². The van der Waals surface area contributed by atoms with Crippen molar-refractivity contribution < 1.29 is 13.2 Å². The molecule has 0 aliphatic carbocycles. The number of rotatable bonds is 3. The second kappa shape index (κ2) is 4.71. The lowest BCUT2D eigenvalue weighted by Gasteiger charge is -2.26. The second-order valence-electron chi connectivity index (χ2n) is 5.58. The van der Waals surface area contributed by atoms with Crippen molar-refractivity contribution in [3.8, 4) is 0 Å². The van der Waals surface area contributed by atoms with Gasteiger partial charge in [-0.1, -0.05) is 6.07 Å². The number of sulfone groups is 1. The van der Waals surface area contributed by atoms with E-state index in [1.54, 1.807) is 12.4 Å². The molecule has 2 saturated heterocycles. The van der Waals surface area contributed by atoms with Crippen molar-refractivity contribution >= 4 is 15.6 Å². The van der Waals surface area contributed by atoms with Gasteiger partial charge in [0.15, 0.2) is 9.84 Å². The van der Waals surface area contributed by atoms with Gasteiger partial charge in [0.25, 0.3) is 0 Å². The number of aromatic nitrogens is 1. The van der Waals surface area contributed by atoms with Crippen molar-refractivity contribution in [3.63, 3.8) is 0 Å². The first kappa shape index (κ1) is 12.8. The third-order valence-corrected chi connectivity index (χ3v) is 7.11. The molecule has 2 unspecified atom stereocenters. The van der Waals surface area contributed by atoms with Crippen LogP contribution < -0.4 is 0 Å². The maximum Gasteiger partial charge on any atom is 0.156 e. The van der Waals surface area contributed by atoms with Crippen LogP contribution in [0.2, 0.25) is 0 Å². The first-order chi connectivity index (χ1) is 9.07. The topological polar surface area (TPSA) is 64.1 Å². The normalized spacial score (nSPS) is 32.1. The Balaban J connectivity index is 1.70. The highest BCUT2D eigenvalue weighted by Crippen LogP contribution is 2.41. The molecule has 1 aromatic rings. The lowest BCUT2D eigenvalue weighted by Crippen LogP contribution is -2.36. The number of hydrogen-bond donors (Lipinski definition) is 0. The SMILES string of the molecule is O=C(Cc1cccnc1)C1CC2CCC(C1)S2(=O)=O. The van der Waals surface area contributed by atoms with Gasteiger partial charge in [-0.3, -0.25) is 9.78 Å². The van der Waals surface area contributed by atoms with Gasteiger partial charge >= 0.3 is 0 Å². The van der Waals surface area contributed by atoms with Gasteiger partial charge in [-0.2, -0.15) is 0 Å². The van der Waals surface area contributed by atoms with E-state index in [1.807, 2.05) is 12.1 Å². The van der Waals surface area contributed by atoms with E-state index in [4.69, 9.17) is 0 Å². The van der Waals surface area contributed by atoms with Gasteiger partial charge in [0, 0.05) is 24.7 Å². The number of ketones is 1. The predicted molar refractivity (Wildman–Crippen MR) is 71.4 cm³/mol. The average Bonchev–Trinajstić information content (AvgIpc) is 2.59. The maximum absolute atomic E-state index is 12.3. The van der Waals surface area contributed by atoms with Gasteiger partial charge < -0.3 is 0 Å². The fourth-order valence-corrected chi connectivity index (χ4v) is 5.79. The highest BCUT2D eigenvalue weighted by Gasteiger charge is 2.48. The van der Waals surface area contributed by atoms with Crippen LogP contribution in [0, 0.1) is 5.92 Å². The molecule has 0 N–H and O–H groups in total. The zero-order chi connectivity index (χ0) is 13.5. The van der Waals surface area contributed by atoms with Crippen molar-refractivity contribution in [1.29, 1.82) is 0 Å². The molecule has 0 aromatic carbocycles. The van der Waals surface area contributed by atoms with Crippen molar-refractivity contribution in [2.24, 2.45) is 5.92 Å². The predicted octanol–water partition coefficient (Wildman–Crippen LogP) is 1.55. The molecule has 1 aromatic heterocycles. The molecule has 5 heteroatoms. The molecule has 2 aliphatic rings. The van der Waals surface area contributed by atoms with E-state index in [-0.39, 0.29) is 22.2 Å². The molecule has 0 spiro atoms. The van der Waals surface area contributed by atoms with Crippen LogP contribution in [0.25, 0.3) is 0 Å². The van der Waals surface area contributed by atoms with Gasteiger partial charge in [-0.25, -0.2) is 8.42 Å². The molecule has 0 saturated carbocycles. The third kappa shape index (κ3) is 2.31. The molecule has 2 bridgehead atoms. The van der Waals surface area contributed by atoms with E-state index < -0.39 is 9.84 Å². The number of carbonyl (C=O) groups excluding carboxylic acids is 1. The first-order valence-electron chi connectivity index (χ1n) is 6.71. The van der Waals surface area contributed by atoms with Crippen LogP contribution in [-0.2, 0) is 21.1 Å². The minimum Gasteiger partial charge on any atom is -0.299 e. The largest absolute Gasteiger partial charge is 0.299 e. The summed E-state index contributed by atoms with van der Waals surface area (Å²) in [6.07, 6.45) is 6.29. The Hall–Kier alpha value is -1.23. The Labute approximate surface area is 113 Å². The maximum atomic E-state index is 12.3. The molecule has 3 heterocycles.